The highest BCUT2D eigenvalue weighted by Gasteiger charge is 2.49. The predicted molar refractivity (Wildman–Crippen MR) is 224 cm³/mol. The van der Waals surface area contributed by atoms with Crippen molar-refractivity contribution >= 4 is 79.2 Å². The summed E-state index contributed by atoms with van der Waals surface area (Å²) >= 11 is 0. The third kappa shape index (κ3) is 4.43. The maximum atomic E-state index is 16.0. The second kappa shape index (κ2) is 11.9. The first-order chi connectivity index (χ1) is 26.7. The van der Waals surface area contributed by atoms with Gasteiger partial charge in [0.2, 0.25) is 0 Å². The van der Waals surface area contributed by atoms with Crippen LogP contribution in [-0.2, 0) is 4.57 Å². The predicted octanol–water partition coefficient (Wildman–Crippen LogP) is 13.2. The fourth-order valence-electron chi connectivity index (χ4n) is 8.39. The molecule has 8 aromatic carbocycles. The summed E-state index contributed by atoms with van der Waals surface area (Å²) in [4.78, 5) is 0. The molecule has 256 valence electrons. The van der Waals surface area contributed by atoms with Crippen LogP contribution in [0.15, 0.2) is 199 Å². The van der Waals surface area contributed by atoms with Crippen LogP contribution in [0.4, 0.5) is 22.7 Å². The van der Waals surface area contributed by atoms with E-state index in [4.69, 9.17) is 4.42 Å². The standard InChI is InChI=1S/C48H32N3O2P/c52-54(38-21-8-3-9-22-38)50(35-16-4-1-5-17-35)42-28-27-34(32-44(42)51(54)36-18-6-2-7-19-36)33-15-14-20-37(31-33)49-41-25-12-10-23-39(41)47-43(49)29-30-46-48(47)40-24-11-13-26-45(40)53-46/h1-32H. The van der Waals surface area contributed by atoms with Gasteiger partial charge in [0.25, 0.3) is 0 Å². The molecular formula is C48H32N3O2P. The second-order valence-electron chi connectivity index (χ2n) is 13.7. The molecule has 54 heavy (non-hydrogen) atoms. The zero-order chi connectivity index (χ0) is 35.8. The molecule has 0 amide bonds. The van der Waals surface area contributed by atoms with E-state index in [1.165, 1.54) is 10.8 Å². The average Bonchev–Trinajstić information content (AvgIpc) is 3.87. The number of anilines is 4. The number of nitrogens with zero attached hydrogens (tertiary/aromatic N) is 3. The molecule has 3 heterocycles. The summed E-state index contributed by atoms with van der Waals surface area (Å²) in [5, 5.41) is 5.40. The van der Waals surface area contributed by atoms with Gasteiger partial charge in [0.15, 0.2) is 0 Å². The molecule has 1 unspecified atom stereocenters. The lowest BCUT2D eigenvalue weighted by Crippen LogP contribution is -2.26. The van der Waals surface area contributed by atoms with Gasteiger partial charge < -0.3 is 8.98 Å². The lowest BCUT2D eigenvalue weighted by molar-refractivity contribution is 0.582. The van der Waals surface area contributed by atoms with E-state index in [0.717, 1.165) is 77.8 Å². The van der Waals surface area contributed by atoms with Gasteiger partial charge in [-0.15, -0.1) is 0 Å². The number of hydrogen-bond acceptors (Lipinski definition) is 2. The highest BCUT2D eigenvalue weighted by molar-refractivity contribution is 7.76. The van der Waals surface area contributed by atoms with E-state index in [-0.39, 0.29) is 0 Å². The van der Waals surface area contributed by atoms with Gasteiger partial charge in [-0.1, -0.05) is 109 Å². The van der Waals surface area contributed by atoms with E-state index in [1.807, 2.05) is 108 Å². The van der Waals surface area contributed by atoms with Crippen molar-refractivity contribution in [1.82, 2.24) is 4.57 Å². The van der Waals surface area contributed by atoms with Gasteiger partial charge in [-0.25, -0.2) is 0 Å². The molecule has 0 N–H and O–H groups in total. The third-order valence-electron chi connectivity index (χ3n) is 10.7. The van der Waals surface area contributed by atoms with Crippen LogP contribution in [-0.4, -0.2) is 4.57 Å². The van der Waals surface area contributed by atoms with E-state index >= 15 is 4.57 Å². The van der Waals surface area contributed by atoms with Crippen molar-refractivity contribution in [2.45, 2.75) is 0 Å². The Labute approximate surface area is 312 Å². The summed E-state index contributed by atoms with van der Waals surface area (Å²) in [6.45, 7) is 0. The normalized spacial score (nSPS) is 15.5. The van der Waals surface area contributed by atoms with Gasteiger partial charge in [-0.2, -0.15) is 0 Å². The first kappa shape index (κ1) is 30.8. The van der Waals surface area contributed by atoms with Gasteiger partial charge in [0, 0.05) is 38.6 Å². The zero-order valence-electron chi connectivity index (χ0n) is 29.1. The lowest BCUT2D eigenvalue weighted by Gasteiger charge is -2.33. The molecule has 0 fully saturated rings. The molecule has 0 spiro atoms. The Kier molecular flexibility index (Phi) is 6.76. The molecule has 6 heteroatoms. The van der Waals surface area contributed by atoms with Gasteiger partial charge in [-0.3, -0.25) is 13.9 Å². The number of para-hydroxylation sites is 4. The van der Waals surface area contributed by atoms with Crippen LogP contribution in [0.3, 0.4) is 0 Å². The molecule has 0 aliphatic carbocycles. The summed E-state index contributed by atoms with van der Waals surface area (Å²) in [7, 11) is -3.46. The second-order valence-corrected chi connectivity index (χ2v) is 16.1. The van der Waals surface area contributed by atoms with Crippen LogP contribution in [0.5, 0.6) is 0 Å². The van der Waals surface area contributed by atoms with Crippen molar-refractivity contribution < 1.29 is 8.98 Å². The number of aromatic nitrogens is 1. The summed E-state index contributed by atoms with van der Waals surface area (Å²) < 4.78 is 28.8. The van der Waals surface area contributed by atoms with E-state index in [2.05, 4.69) is 100 Å². The van der Waals surface area contributed by atoms with E-state index in [1.54, 1.807) is 0 Å². The quantitative estimate of drug-likeness (QED) is 0.167. The Morgan fingerprint density at radius 2 is 1.02 bits per heavy atom. The van der Waals surface area contributed by atoms with Crippen LogP contribution < -0.4 is 14.6 Å². The van der Waals surface area contributed by atoms with Gasteiger partial charge in [-0.05, 0) is 96.1 Å². The van der Waals surface area contributed by atoms with E-state index in [9.17, 15) is 0 Å². The highest BCUT2D eigenvalue weighted by Crippen LogP contribution is 2.70. The number of fused-ring (bicyclic) bond motifs is 8. The highest BCUT2D eigenvalue weighted by atomic mass is 31.2. The minimum atomic E-state index is -3.46. The van der Waals surface area contributed by atoms with E-state index in [0.29, 0.717) is 0 Å². The Morgan fingerprint density at radius 3 is 1.78 bits per heavy atom. The van der Waals surface area contributed by atoms with Crippen molar-refractivity contribution in [1.29, 1.82) is 0 Å². The number of hydrogen-bond donors (Lipinski definition) is 0. The lowest BCUT2D eigenvalue weighted by atomic mass is 10.0. The van der Waals surface area contributed by atoms with Crippen molar-refractivity contribution in [3.8, 4) is 16.8 Å². The molecule has 0 saturated carbocycles. The summed E-state index contributed by atoms with van der Waals surface area (Å²) in [6, 6.07) is 66.5. The Hall–Kier alpha value is -6.81. The van der Waals surface area contributed by atoms with Gasteiger partial charge >= 0.3 is 7.44 Å². The fourth-order valence-corrected chi connectivity index (χ4v) is 11.4. The molecule has 11 rings (SSSR count). The molecule has 1 aliphatic rings. The largest absolute Gasteiger partial charge is 0.456 e. The molecule has 1 atom stereocenters. The number of furan rings is 1. The monoisotopic (exact) mass is 713 g/mol. The van der Waals surface area contributed by atoms with Gasteiger partial charge in [0.05, 0.1) is 27.7 Å². The molecule has 10 aromatic rings. The first-order valence-electron chi connectivity index (χ1n) is 18.1. The Balaban J connectivity index is 1.12. The van der Waals surface area contributed by atoms with Crippen molar-refractivity contribution in [3.05, 3.63) is 194 Å². The maximum Gasteiger partial charge on any atom is 0.301 e. The van der Waals surface area contributed by atoms with Crippen molar-refractivity contribution in [3.63, 3.8) is 0 Å². The van der Waals surface area contributed by atoms with E-state index < -0.39 is 7.44 Å². The summed E-state index contributed by atoms with van der Waals surface area (Å²) in [5.74, 6) is 0. The van der Waals surface area contributed by atoms with Crippen molar-refractivity contribution in [2.75, 3.05) is 9.34 Å². The smallest absolute Gasteiger partial charge is 0.301 e. The minimum Gasteiger partial charge on any atom is -0.456 e. The SMILES string of the molecule is O=P1(c2ccccc2)N(c2ccccc2)c2ccc(-c3cccc(-n4c5ccccc5c5c6c(ccc54)oc4ccccc46)c3)cc2N1c1ccccc1. The van der Waals surface area contributed by atoms with Crippen molar-refractivity contribution in [2.24, 2.45) is 0 Å². The van der Waals surface area contributed by atoms with Crippen LogP contribution in [0.1, 0.15) is 0 Å². The Morgan fingerprint density at radius 1 is 0.407 bits per heavy atom. The summed E-state index contributed by atoms with van der Waals surface area (Å²) in [6.07, 6.45) is 0. The van der Waals surface area contributed by atoms with Crippen LogP contribution >= 0.6 is 7.44 Å². The van der Waals surface area contributed by atoms with Gasteiger partial charge in [0.1, 0.15) is 11.2 Å². The topological polar surface area (TPSA) is 41.6 Å². The first-order valence-corrected chi connectivity index (χ1v) is 19.7. The molecule has 0 radical (unpaired) electrons. The maximum absolute atomic E-state index is 16.0. The molecular weight excluding hydrogens is 682 g/mol. The molecule has 0 saturated heterocycles. The van der Waals surface area contributed by atoms with Crippen LogP contribution in [0.2, 0.25) is 0 Å². The fraction of sp³-hybridized carbons (Fsp3) is 0. The average molecular weight is 714 g/mol. The third-order valence-corrected chi connectivity index (χ3v) is 13.6. The molecule has 0 bridgehead atoms. The van der Waals surface area contributed by atoms with Crippen LogP contribution in [0, 0.1) is 0 Å². The minimum absolute atomic E-state index is 0.767. The molecule has 5 nitrogen and oxygen atoms in total. The zero-order valence-corrected chi connectivity index (χ0v) is 30.0. The number of rotatable bonds is 5. The number of benzene rings is 8. The van der Waals surface area contributed by atoms with Crippen LogP contribution in [0.25, 0.3) is 60.6 Å². The molecule has 1 aliphatic heterocycles. The molecule has 2 aromatic heterocycles. The Bertz CT molecular complexity index is 3100. The summed E-state index contributed by atoms with van der Waals surface area (Å²) in [5.41, 5.74) is 10.7.